The van der Waals surface area contributed by atoms with Crippen LogP contribution in [0.5, 0.6) is 0 Å². The maximum atomic E-state index is 11.4. The zero-order valence-corrected chi connectivity index (χ0v) is 8.78. The van der Waals surface area contributed by atoms with Crippen molar-refractivity contribution < 1.29 is 14.3 Å². The molecule has 1 saturated heterocycles. The fourth-order valence-corrected chi connectivity index (χ4v) is 1.36. The van der Waals surface area contributed by atoms with Crippen LogP contribution in [0.1, 0.15) is 13.3 Å². The minimum absolute atomic E-state index is 0.160. The molecular weight excluding hydrogens is 182 g/mol. The lowest BCUT2D eigenvalue weighted by atomic mass is 10.3. The number of carbonyl (C=O) groups is 1. The average molecular weight is 199 g/mol. The summed E-state index contributed by atoms with van der Waals surface area (Å²) in [6.07, 6.45) is 0.776. The van der Waals surface area contributed by atoms with Crippen LogP contribution in [0.15, 0.2) is 12.2 Å². The highest BCUT2D eigenvalue weighted by Gasteiger charge is 2.26. The minimum atomic E-state index is -0.271. The van der Waals surface area contributed by atoms with Gasteiger partial charge in [-0.1, -0.05) is 6.58 Å². The number of rotatable bonds is 3. The average Bonchev–Trinajstić information content (AvgIpc) is 2.62. The zero-order chi connectivity index (χ0) is 10.6. The summed E-state index contributed by atoms with van der Waals surface area (Å²) in [5.41, 5.74) is 0.848. The highest BCUT2D eigenvalue weighted by molar-refractivity contribution is 5.68. The third kappa shape index (κ3) is 3.03. The van der Waals surface area contributed by atoms with Gasteiger partial charge in [-0.05, 0) is 18.9 Å². The summed E-state index contributed by atoms with van der Waals surface area (Å²) < 4.78 is 10.2. The van der Waals surface area contributed by atoms with Gasteiger partial charge in [0.15, 0.2) is 0 Å². The van der Waals surface area contributed by atoms with Gasteiger partial charge >= 0.3 is 6.09 Å². The smallest absolute Gasteiger partial charge is 0.410 e. The third-order valence-corrected chi connectivity index (χ3v) is 2.18. The van der Waals surface area contributed by atoms with Gasteiger partial charge in [0.1, 0.15) is 6.61 Å². The molecule has 0 spiro atoms. The van der Waals surface area contributed by atoms with Gasteiger partial charge in [-0.15, -0.1) is 0 Å². The van der Waals surface area contributed by atoms with E-state index in [4.69, 9.17) is 9.47 Å². The van der Waals surface area contributed by atoms with Gasteiger partial charge in [0.05, 0.1) is 12.6 Å². The van der Waals surface area contributed by atoms with Crippen LogP contribution in [-0.4, -0.2) is 43.9 Å². The number of methoxy groups -OCH3 is 1. The third-order valence-electron chi connectivity index (χ3n) is 2.18. The lowest BCUT2D eigenvalue weighted by Crippen LogP contribution is -2.30. The monoisotopic (exact) mass is 199 g/mol. The lowest BCUT2D eigenvalue weighted by molar-refractivity contribution is 0.0922. The largest absolute Gasteiger partial charge is 0.445 e. The first kappa shape index (κ1) is 11.0. The maximum Gasteiger partial charge on any atom is 0.410 e. The van der Waals surface area contributed by atoms with Crippen LogP contribution in [-0.2, 0) is 9.47 Å². The highest BCUT2D eigenvalue weighted by atomic mass is 16.6. The molecule has 80 valence electrons. The fourth-order valence-electron chi connectivity index (χ4n) is 1.36. The molecule has 0 aromatic heterocycles. The van der Waals surface area contributed by atoms with Crippen LogP contribution in [0.3, 0.4) is 0 Å². The topological polar surface area (TPSA) is 38.8 Å². The van der Waals surface area contributed by atoms with Gasteiger partial charge in [0.25, 0.3) is 0 Å². The van der Waals surface area contributed by atoms with Crippen LogP contribution >= 0.6 is 0 Å². The molecule has 14 heavy (non-hydrogen) atoms. The number of amides is 1. The Bertz CT molecular complexity index is 227. The Balaban J connectivity index is 2.28. The molecule has 0 bridgehead atoms. The number of hydrogen-bond acceptors (Lipinski definition) is 3. The maximum absolute atomic E-state index is 11.4. The molecule has 0 radical (unpaired) electrons. The van der Waals surface area contributed by atoms with Crippen molar-refractivity contribution in [2.45, 2.75) is 19.4 Å². The Morgan fingerprint density at radius 1 is 1.64 bits per heavy atom. The Hall–Kier alpha value is -1.03. The van der Waals surface area contributed by atoms with Crippen LogP contribution < -0.4 is 0 Å². The summed E-state index contributed by atoms with van der Waals surface area (Å²) in [7, 11) is 1.66. The molecule has 1 atom stereocenters. The molecule has 1 heterocycles. The van der Waals surface area contributed by atoms with Gasteiger partial charge in [-0.3, -0.25) is 0 Å². The van der Waals surface area contributed by atoms with Crippen LogP contribution in [0, 0.1) is 0 Å². The van der Waals surface area contributed by atoms with Gasteiger partial charge in [-0.25, -0.2) is 4.79 Å². The van der Waals surface area contributed by atoms with Crippen molar-refractivity contribution in [3.63, 3.8) is 0 Å². The number of hydrogen-bond donors (Lipinski definition) is 0. The van der Waals surface area contributed by atoms with E-state index in [9.17, 15) is 4.79 Å². The molecule has 4 nitrogen and oxygen atoms in total. The summed E-state index contributed by atoms with van der Waals surface area (Å²) >= 11 is 0. The Labute approximate surface area is 84.5 Å². The van der Waals surface area contributed by atoms with E-state index in [0.29, 0.717) is 19.7 Å². The molecule has 1 aliphatic heterocycles. The summed E-state index contributed by atoms with van der Waals surface area (Å²) in [6.45, 7) is 7.14. The number of likely N-dealkylation sites (tertiary alicyclic amines) is 1. The van der Waals surface area contributed by atoms with Crippen molar-refractivity contribution >= 4 is 6.09 Å². The van der Waals surface area contributed by atoms with Crippen molar-refractivity contribution in [3.05, 3.63) is 12.2 Å². The van der Waals surface area contributed by atoms with E-state index in [1.807, 2.05) is 6.92 Å². The first-order valence-corrected chi connectivity index (χ1v) is 4.72. The normalized spacial score (nSPS) is 21.0. The summed E-state index contributed by atoms with van der Waals surface area (Å²) in [5.74, 6) is 0. The van der Waals surface area contributed by atoms with E-state index in [0.717, 1.165) is 12.0 Å². The quantitative estimate of drug-likeness (QED) is 0.645. The highest BCUT2D eigenvalue weighted by Crippen LogP contribution is 2.12. The van der Waals surface area contributed by atoms with Gasteiger partial charge in [0.2, 0.25) is 0 Å². The predicted octanol–water partition coefficient (Wildman–Crippen LogP) is 1.42. The van der Waals surface area contributed by atoms with E-state index in [1.54, 1.807) is 12.0 Å². The van der Waals surface area contributed by atoms with E-state index >= 15 is 0 Å². The van der Waals surface area contributed by atoms with Crippen molar-refractivity contribution in [3.8, 4) is 0 Å². The first-order chi connectivity index (χ1) is 6.63. The zero-order valence-electron chi connectivity index (χ0n) is 8.78. The van der Waals surface area contributed by atoms with Crippen molar-refractivity contribution in [2.75, 3.05) is 26.8 Å². The number of nitrogens with zero attached hydrogens (tertiary/aromatic N) is 1. The molecule has 1 fully saturated rings. The second kappa shape index (κ2) is 5.00. The summed E-state index contributed by atoms with van der Waals surface area (Å²) in [5, 5.41) is 0. The molecule has 0 aromatic carbocycles. The molecule has 0 saturated carbocycles. The van der Waals surface area contributed by atoms with Gasteiger partial charge in [0, 0.05) is 13.7 Å². The molecular formula is C10H17NO3. The fraction of sp³-hybridized carbons (Fsp3) is 0.700. The molecule has 0 aromatic rings. The lowest BCUT2D eigenvalue weighted by Gasteiger charge is -2.15. The van der Waals surface area contributed by atoms with Crippen molar-refractivity contribution in [1.29, 1.82) is 0 Å². The van der Waals surface area contributed by atoms with E-state index in [-0.39, 0.29) is 12.2 Å². The van der Waals surface area contributed by atoms with Gasteiger partial charge in [-0.2, -0.15) is 0 Å². The van der Waals surface area contributed by atoms with Crippen molar-refractivity contribution in [1.82, 2.24) is 4.90 Å². The van der Waals surface area contributed by atoms with Crippen LogP contribution in [0.4, 0.5) is 4.79 Å². The molecule has 1 unspecified atom stereocenters. The van der Waals surface area contributed by atoms with Crippen LogP contribution in [0.25, 0.3) is 0 Å². The molecule has 1 amide bonds. The molecule has 1 rings (SSSR count). The van der Waals surface area contributed by atoms with E-state index in [2.05, 4.69) is 6.58 Å². The summed E-state index contributed by atoms with van der Waals surface area (Å²) in [4.78, 5) is 13.1. The van der Waals surface area contributed by atoms with Crippen molar-refractivity contribution in [2.24, 2.45) is 0 Å². The molecule has 4 heteroatoms. The Morgan fingerprint density at radius 3 is 2.86 bits per heavy atom. The standard InChI is InChI=1S/C10H17NO3/c1-8(2)7-14-10(12)11-5-4-9(6-11)13-3/h9H,1,4-7H2,2-3H3. The molecule has 0 aliphatic carbocycles. The Morgan fingerprint density at radius 2 is 2.36 bits per heavy atom. The second-order valence-corrected chi connectivity index (χ2v) is 3.60. The minimum Gasteiger partial charge on any atom is -0.445 e. The van der Waals surface area contributed by atoms with E-state index < -0.39 is 0 Å². The molecule has 1 aliphatic rings. The van der Waals surface area contributed by atoms with E-state index in [1.165, 1.54) is 0 Å². The van der Waals surface area contributed by atoms with Crippen LogP contribution in [0.2, 0.25) is 0 Å². The SMILES string of the molecule is C=C(C)COC(=O)N1CCC(OC)C1. The Kier molecular flexibility index (Phi) is 3.95. The van der Waals surface area contributed by atoms with Gasteiger partial charge < -0.3 is 14.4 Å². The number of carbonyl (C=O) groups excluding carboxylic acids is 1. The first-order valence-electron chi connectivity index (χ1n) is 4.72. The second-order valence-electron chi connectivity index (χ2n) is 3.60. The number of ether oxygens (including phenoxy) is 2. The molecule has 0 N–H and O–H groups in total. The summed E-state index contributed by atoms with van der Waals surface area (Å²) in [6, 6.07) is 0. The predicted molar refractivity (Wildman–Crippen MR) is 53.1 cm³/mol.